The number of hydrogen-bond donors (Lipinski definition) is 1. The number of aliphatic hydroxyl groups is 1. The Hall–Kier alpha value is -0.865. The fourth-order valence-electron chi connectivity index (χ4n) is 1.08. The van der Waals surface area contributed by atoms with E-state index < -0.39 is 11.2 Å². The van der Waals surface area contributed by atoms with Gasteiger partial charge in [0, 0.05) is 12.4 Å². The third-order valence-corrected chi connectivity index (χ3v) is 3.21. The molecule has 4 heteroatoms. The summed E-state index contributed by atoms with van der Waals surface area (Å²) in [6.45, 7) is 9.31. The van der Waals surface area contributed by atoms with Crippen molar-refractivity contribution in [1.82, 2.24) is 4.98 Å². The first-order valence-corrected chi connectivity index (χ1v) is 5.50. The lowest BCUT2D eigenvalue weighted by Gasteiger charge is -2.37. The number of aryl methyl sites for hydroxylation is 1. The summed E-state index contributed by atoms with van der Waals surface area (Å²) in [6.07, 6.45) is 3.57. The number of aromatic nitrogens is 1. The van der Waals surface area contributed by atoms with Crippen LogP contribution in [0.5, 0.6) is 0 Å². The molecule has 88 valence electrons. The van der Waals surface area contributed by atoms with Crippen LogP contribution in [0.1, 0.15) is 33.3 Å². The maximum Gasteiger partial charge on any atom is 0.311 e. The van der Waals surface area contributed by atoms with Crippen molar-refractivity contribution in [3.05, 3.63) is 24.0 Å². The predicted molar refractivity (Wildman–Crippen MR) is 67.2 cm³/mol. The van der Waals surface area contributed by atoms with E-state index in [2.05, 4.69) is 4.98 Å². The van der Waals surface area contributed by atoms with Crippen LogP contribution in [0.2, 0.25) is 0 Å². The third kappa shape index (κ3) is 3.06. The smallest absolute Gasteiger partial charge is 0.311 e. The summed E-state index contributed by atoms with van der Waals surface area (Å²) >= 11 is 0. The molecule has 0 fully saturated rings. The van der Waals surface area contributed by atoms with Gasteiger partial charge in [-0.1, -0.05) is 5.56 Å². The molecule has 0 radical (unpaired) electrons. The Morgan fingerprint density at radius 3 is 2.44 bits per heavy atom. The number of nitrogens with zero attached hydrogens (tertiary/aromatic N) is 1. The van der Waals surface area contributed by atoms with Gasteiger partial charge in [-0.25, -0.2) is 0 Å². The molecule has 0 aliphatic heterocycles. The van der Waals surface area contributed by atoms with Gasteiger partial charge in [0.1, 0.15) is 0 Å². The van der Waals surface area contributed by atoms with Gasteiger partial charge in [-0.15, -0.1) is 0 Å². The topological polar surface area (TPSA) is 42.4 Å². The maximum atomic E-state index is 9.95. The Labute approximate surface area is 98.1 Å². The number of pyridine rings is 1. The lowest BCUT2D eigenvalue weighted by Crippen LogP contribution is -2.49. The molecule has 1 N–H and O–H groups in total. The van der Waals surface area contributed by atoms with Crippen LogP contribution in [0, 0.1) is 6.92 Å². The molecule has 0 amide bonds. The molecule has 0 atom stereocenters. The minimum Gasteiger partial charge on any atom is -0.427 e. The second-order valence-corrected chi connectivity index (χ2v) is 5.16. The van der Waals surface area contributed by atoms with Crippen LogP contribution >= 0.6 is 0 Å². The SMILES string of the molecule is Cc1ccncc1BOC(C)(C)C(C)(C)O. The fraction of sp³-hybridized carbons (Fsp3) is 0.583. The van der Waals surface area contributed by atoms with Crippen molar-refractivity contribution < 1.29 is 9.76 Å². The monoisotopic (exact) mass is 221 g/mol. The zero-order valence-electron chi connectivity index (χ0n) is 10.7. The third-order valence-electron chi connectivity index (χ3n) is 3.21. The van der Waals surface area contributed by atoms with E-state index in [0.29, 0.717) is 7.48 Å². The van der Waals surface area contributed by atoms with Crippen molar-refractivity contribution in [3.63, 3.8) is 0 Å². The Bertz CT molecular complexity index is 358. The van der Waals surface area contributed by atoms with Crippen LogP contribution in [0.15, 0.2) is 18.5 Å². The van der Waals surface area contributed by atoms with Gasteiger partial charge in [0.25, 0.3) is 0 Å². The summed E-state index contributed by atoms with van der Waals surface area (Å²) in [5, 5.41) is 9.95. The van der Waals surface area contributed by atoms with E-state index in [0.717, 1.165) is 11.0 Å². The first-order chi connectivity index (χ1) is 7.24. The van der Waals surface area contributed by atoms with Crippen molar-refractivity contribution >= 4 is 12.9 Å². The van der Waals surface area contributed by atoms with E-state index in [4.69, 9.17) is 4.65 Å². The Balaban J connectivity index is 2.69. The van der Waals surface area contributed by atoms with E-state index in [1.165, 1.54) is 0 Å². The van der Waals surface area contributed by atoms with Crippen LogP contribution in [0.4, 0.5) is 0 Å². The van der Waals surface area contributed by atoms with Crippen molar-refractivity contribution in [3.8, 4) is 0 Å². The van der Waals surface area contributed by atoms with E-state index >= 15 is 0 Å². The van der Waals surface area contributed by atoms with E-state index in [9.17, 15) is 5.11 Å². The van der Waals surface area contributed by atoms with Gasteiger partial charge in [0.2, 0.25) is 0 Å². The first kappa shape index (κ1) is 13.2. The van der Waals surface area contributed by atoms with Gasteiger partial charge in [-0.2, -0.15) is 0 Å². The summed E-state index contributed by atoms with van der Waals surface area (Å²) in [4.78, 5) is 4.07. The summed E-state index contributed by atoms with van der Waals surface area (Å²) < 4.78 is 5.77. The van der Waals surface area contributed by atoms with Gasteiger partial charge in [0.15, 0.2) is 0 Å². The Morgan fingerprint density at radius 1 is 1.31 bits per heavy atom. The molecule has 0 aliphatic rings. The summed E-state index contributed by atoms with van der Waals surface area (Å²) in [5.74, 6) is 0. The molecule has 3 nitrogen and oxygen atoms in total. The van der Waals surface area contributed by atoms with E-state index in [1.54, 1.807) is 26.2 Å². The second-order valence-electron chi connectivity index (χ2n) is 5.16. The fourth-order valence-corrected chi connectivity index (χ4v) is 1.08. The summed E-state index contributed by atoms with van der Waals surface area (Å²) in [6, 6.07) is 1.95. The molecule has 0 saturated carbocycles. The van der Waals surface area contributed by atoms with Crippen LogP contribution < -0.4 is 5.46 Å². The Morgan fingerprint density at radius 2 is 1.94 bits per heavy atom. The lowest BCUT2D eigenvalue weighted by molar-refractivity contribution is -0.0893. The van der Waals surface area contributed by atoms with Gasteiger partial charge in [-0.3, -0.25) is 4.98 Å². The van der Waals surface area contributed by atoms with Crippen molar-refractivity contribution in [2.45, 2.75) is 45.8 Å². The van der Waals surface area contributed by atoms with Crippen LogP contribution in [0.25, 0.3) is 0 Å². The van der Waals surface area contributed by atoms with Gasteiger partial charge < -0.3 is 9.76 Å². The molecule has 1 aromatic heterocycles. The molecule has 0 bridgehead atoms. The first-order valence-electron chi connectivity index (χ1n) is 5.50. The molecular formula is C12H20BNO2. The molecule has 1 aromatic rings. The summed E-state index contributed by atoms with van der Waals surface area (Å²) in [7, 11) is 0.469. The minimum atomic E-state index is -0.872. The molecule has 0 saturated heterocycles. The molecule has 0 spiro atoms. The largest absolute Gasteiger partial charge is 0.427 e. The van der Waals surface area contributed by atoms with Crippen LogP contribution in [-0.2, 0) is 4.65 Å². The highest BCUT2D eigenvalue weighted by molar-refractivity contribution is 6.47. The normalized spacial score (nSPS) is 12.6. The molecule has 0 aromatic carbocycles. The minimum absolute atomic E-state index is 0.469. The molecule has 1 heterocycles. The standard InChI is InChI=1S/C12H20BNO2/c1-9-6-7-14-8-10(9)13-16-12(4,5)11(2,3)15/h6-8,13,15H,1-5H3. The lowest BCUT2D eigenvalue weighted by atomic mass is 9.81. The van der Waals surface area contributed by atoms with E-state index in [-0.39, 0.29) is 0 Å². The Kier molecular flexibility index (Phi) is 3.76. The average molecular weight is 221 g/mol. The molecule has 1 rings (SSSR count). The highest BCUT2D eigenvalue weighted by Gasteiger charge is 2.35. The van der Waals surface area contributed by atoms with Gasteiger partial charge in [0.05, 0.1) is 11.2 Å². The van der Waals surface area contributed by atoms with Crippen molar-refractivity contribution in [1.29, 1.82) is 0 Å². The van der Waals surface area contributed by atoms with Crippen molar-refractivity contribution in [2.75, 3.05) is 0 Å². The van der Waals surface area contributed by atoms with Crippen LogP contribution in [-0.4, -0.2) is 28.8 Å². The maximum absolute atomic E-state index is 9.95. The van der Waals surface area contributed by atoms with Gasteiger partial charge >= 0.3 is 7.48 Å². The zero-order valence-corrected chi connectivity index (χ0v) is 10.7. The average Bonchev–Trinajstić information content (AvgIpc) is 2.15. The predicted octanol–water partition coefficient (Wildman–Crippen LogP) is 0.933. The zero-order chi connectivity index (χ0) is 12.4. The molecular weight excluding hydrogens is 201 g/mol. The quantitative estimate of drug-likeness (QED) is 0.769. The van der Waals surface area contributed by atoms with Crippen LogP contribution in [0.3, 0.4) is 0 Å². The number of hydrogen-bond acceptors (Lipinski definition) is 3. The highest BCUT2D eigenvalue weighted by Crippen LogP contribution is 2.24. The highest BCUT2D eigenvalue weighted by atomic mass is 16.5. The summed E-state index contributed by atoms with van der Waals surface area (Å²) in [5.41, 5.74) is 0.750. The van der Waals surface area contributed by atoms with E-state index in [1.807, 2.05) is 26.8 Å². The molecule has 0 aliphatic carbocycles. The van der Waals surface area contributed by atoms with Crippen molar-refractivity contribution in [2.24, 2.45) is 0 Å². The molecule has 16 heavy (non-hydrogen) atoms. The van der Waals surface area contributed by atoms with Gasteiger partial charge in [-0.05, 0) is 46.1 Å². The number of rotatable bonds is 4. The molecule has 0 unspecified atom stereocenters. The second kappa shape index (κ2) is 4.56.